The lowest BCUT2D eigenvalue weighted by atomic mass is 10.0. The van der Waals surface area contributed by atoms with Gasteiger partial charge in [-0.1, -0.05) is 39.5 Å². The maximum Gasteiger partial charge on any atom is 0.220 e. The fourth-order valence-corrected chi connectivity index (χ4v) is 3.12. The lowest BCUT2D eigenvalue weighted by molar-refractivity contribution is -0.121. The van der Waals surface area contributed by atoms with Crippen molar-refractivity contribution in [1.82, 2.24) is 10.6 Å². The normalized spacial score (nSPS) is 17.5. The molecule has 0 heterocycles. The molecule has 0 radical (unpaired) electrons. The minimum Gasteiger partial charge on any atom is -0.370 e. The Kier molecular flexibility index (Phi) is 9.72. The van der Waals surface area contributed by atoms with E-state index in [-0.39, 0.29) is 5.91 Å². The van der Waals surface area contributed by atoms with Crippen LogP contribution in [0.25, 0.3) is 0 Å². The molecule has 0 bridgehead atoms. The van der Waals surface area contributed by atoms with Gasteiger partial charge in [0, 0.05) is 19.0 Å². The Morgan fingerprint density at radius 2 is 1.91 bits per heavy atom. The van der Waals surface area contributed by atoms with Crippen molar-refractivity contribution in [2.24, 2.45) is 22.6 Å². The maximum atomic E-state index is 11.8. The van der Waals surface area contributed by atoms with E-state index in [1.807, 2.05) is 0 Å². The summed E-state index contributed by atoms with van der Waals surface area (Å²) in [6.07, 6.45) is 9.19. The molecule has 4 N–H and O–H groups in total. The predicted octanol–water partition coefficient (Wildman–Crippen LogP) is 2.80. The van der Waals surface area contributed by atoms with Crippen LogP contribution in [0.3, 0.4) is 0 Å². The summed E-state index contributed by atoms with van der Waals surface area (Å²) in [6.45, 7) is 7.72. The smallest absolute Gasteiger partial charge is 0.220 e. The number of carbonyl (C=O) groups is 1. The Hall–Kier alpha value is -1.26. The summed E-state index contributed by atoms with van der Waals surface area (Å²) >= 11 is 0. The molecule has 0 aliphatic heterocycles. The first kappa shape index (κ1) is 19.8. The lowest BCUT2D eigenvalue weighted by Crippen LogP contribution is -2.39. The van der Waals surface area contributed by atoms with Crippen LogP contribution in [-0.4, -0.2) is 31.0 Å². The van der Waals surface area contributed by atoms with Crippen LogP contribution in [0.1, 0.15) is 72.1 Å². The summed E-state index contributed by atoms with van der Waals surface area (Å²) < 4.78 is 0. The highest BCUT2D eigenvalue weighted by molar-refractivity contribution is 5.78. The molecule has 1 saturated carbocycles. The van der Waals surface area contributed by atoms with Crippen molar-refractivity contribution in [2.75, 3.05) is 13.1 Å². The zero-order valence-corrected chi connectivity index (χ0v) is 15.2. The van der Waals surface area contributed by atoms with E-state index in [0.717, 1.165) is 12.3 Å². The second kappa shape index (κ2) is 11.3. The number of nitrogens with one attached hydrogen (secondary N) is 2. The number of nitrogens with zero attached hydrogens (tertiary/aromatic N) is 1. The average Bonchev–Trinajstić information content (AvgIpc) is 2.96. The summed E-state index contributed by atoms with van der Waals surface area (Å²) in [5.74, 6) is 1.98. The summed E-state index contributed by atoms with van der Waals surface area (Å²) in [5.41, 5.74) is 5.88. The largest absolute Gasteiger partial charge is 0.370 e. The summed E-state index contributed by atoms with van der Waals surface area (Å²) in [6, 6.07) is 0.342. The molecule has 0 aromatic carbocycles. The Balaban J connectivity index is 2.07. The average molecular weight is 325 g/mol. The zero-order valence-electron chi connectivity index (χ0n) is 15.2. The third-order valence-corrected chi connectivity index (χ3v) is 4.48. The van der Waals surface area contributed by atoms with Gasteiger partial charge >= 0.3 is 0 Å². The molecule has 1 aliphatic carbocycles. The minimum absolute atomic E-state index is 0.153. The standard InChI is InChI=1S/C18H36N4O/c1-14(2)7-6-8-15(3)22-18(19)21-12-11-20-17(23)13-16-9-4-5-10-16/h14-16H,4-13H2,1-3H3,(H,20,23)(H3,19,21,22). The Labute approximate surface area is 141 Å². The molecular formula is C18H36N4O. The van der Waals surface area contributed by atoms with Crippen molar-refractivity contribution in [3.05, 3.63) is 0 Å². The number of hydrogen-bond donors (Lipinski definition) is 3. The van der Waals surface area contributed by atoms with Crippen LogP contribution in [0.5, 0.6) is 0 Å². The van der Waals surface area contributed by atoms with E-state index in [1.165, 1.54) is 38.5 Å². The summed E-state index contributed by atoms with van der Waals surface area (Å²) in [5, 5.41) is 6.15. The van der Waals surface area contributed by atoms with Crippen molar-refractivity contribution in [1.29, 1.82) is 0 Å². The quantitative estimate of drug-likeness (QED) is 0.328. The second-order valence-electron chi connectivity index (χ2n) is 7.34. The predicted molar refractivity (Wildman–Crippen MR) is 97.4 cm³/mol. The number of guanidine groups is 1. The number of aliphatic imine (C=N–C) groups is 1. The van der Waals surface area contributed by atoms with Gasteiger partial charge in [0.1, 0.15) is 0 Å². The van der Waals surface area contributed by atoms with Crippen LogP contribution in [0.15, 0.2) is 4.99 Å². The van der Waals surface area contributed by atoms with Crippen molar-refractivity contribution in [3.8, 4) is 0 Å². The highest BCUT2D eigenvalue weighted by Gasteiger charge is 2.17. The molecule has 1 fully saturated rings. The van der Waals surface area contributed by atoms with E-state index in [1.54, 1.807) is 0 Å². The first-order valence-corrected chi connectivity index (χ1v) is 9.30. The van der Waals surface area contributed by atoms with E-state index in [0.29, 0.717) is 37.4 Å². The fourth-order valence-electron chi connectivity index (χ4n) is 3.12. The van der Waals surface area contributed by atoms with Crippen molar-refractivity contribution >= 4 is 11.9 Å². The molecule has 1 atom stereocenters. The van der Waals surface area contributed by atoms with Gasteiger partial charge in [0.05, 0.1) is 6.54 Å². The van der Waals surface area contributed by atoms with Crippen molar-refractivity contribution in [3.63, 3.8) is 0 Å². The first-order chi connectivity index (χ1) is 11.0. The maximum absolute atomic E-state index is 11.8. The third-order valence-electron chi connectivity index (χ3n) is 4.48. The number of nitrogens with two attached hydrogens (primary N) is 1. The number of rotatable bonds is 10. The van der Waals surface area contributed by atoms with Gasteiger partial charge in [0.25, 0.3) is 0 Å². The minimum atomic E-state index is 0.153. The molecule has 0 saturated heterocycles. The van der Waals surface area contributed by atoms with Gasteiger partial charge in [-0.15, -0.1) is 0 Å². The second-order valence-corrected chi connectivity index (χ2v) is 7.34. The SMILES string of the molecule is CC(C)CCCC(C)NC(N)=NCCNC(=O)CC1CCCC1. The van der Waals surface area contributed by atoms with Crippen LogP contribution in [-0.2, 0) is 4.79 Å². The molecular weight excluding hydrogens is 288 g/mol. The molecule has 0 aromatic heterocycles. The van der Waals surface area contributed by atoms with E-state index in [4.69, 9.17) is 5.73 Å². The van der Waals surface area contributed by atoms with Crippen LogP contribution in [0.2, 0.25) is 0 Å². The molecule has 0 aromatic rings. The fraction of sp³-hybridized carbons (Fsp3) is 0.889. The Morgan fingerprint density at radius 3 is 2.57 bits per heavy atom. The Morgan fingerprint density at radius 1 is 1.22 bits per heavy atom. The van der Waals surface area contributed by atoms with E-state index in [2.05, 4.69) is 36.4 Å². The number of carbonyl (C=O) groups excluding carboxylic acids is 1. The molecule has 1 rings (SSSR count). The van der Waals surface area contributed by atoms with Gasteiger partial charge in [0.2, 0.25) is 5.91 Å². The molecule has 0 spiro atoms. The van der Waals surface area contributed by atoms with E-state index >= 15 is 0 Å². The van der Waals surface area contributed by atoms with Gasteiger partial charge in [-0.25, -0.2) is 0 Å². The monoisotopic (exact) mass is 324 g/mol. The number of amides is 1. The molecule has 134 valence electrons. The van der Waals surface area contributed by atoms with Crippen LogP contribution in [0, 0.1) is 11.8 Å². The number of hydrogen-bond acceptors (Lipinski definition) is 2. The summed E-state index contributed by atoms with van der Waals surface area (Å²) in [4.78, 5) is 16.1. The third kappa shape index (κ3) is 10.2. The van der Waals surface area contributed by atoms with E-state index in [9.17, 15) is 4.79 Å². The molecule has 5 nitrogen and oxygen atoms in total. The molecule has 1 aliphatic rings. The van der Waals surface area contributed by atoms with Crippen molar-refractivity contribution < 1.29 is 4.79 Å². The van der Waals surface area contributed by atoms with Crippen LogP contribution >= 0.6 is 0 Å². The first-order valence-electron chi connectivity index (χ1n) is 9.30. The van der Waals surface area contributed by atoms with Crippen LogP contribution < -0.4 is 16.4 Å². The molecule has 23 heavy (non-hydrogen) atoms. The summed E-state index contributed by atoms with van der Waals surface area (Å²) in [7, 11) is 0. The molecule has 5 heteroatoms. The van der Waals surface area contributed by atoms with E-state index < -0.39 is 0 Å². The van der Waals surface area contributed by atoms with Gasteiger partial charge < -0.3 is 16.4 Å². The zero-order chi connectivity index (χ0) is 17.1. The molecule has 1 amide bonds. The van der Waals surface area contributed by atoms with Gasteiger partial charge in [-0.3, -0.25) is 9.79 Å². The van der Waals surface area contributed by atoms with Gasteiger partial charge in [0.15, 0.2) is 5.96 Å². The lowest BCUT2D eigenvalue weighted by Gasteiger charge is -2.15. The van der Waals surface area contributed by atoms with Crippen molar-refractivity contribution in [2.45, 2.75) is 78.2 Å². The molecule has 1 unspecified atom stereocenters. The van der Waals surface area contributed by atoms with Crippen LogP contribution in [0.4, 0.5) is 0 Å². The highest BCUT2D eigenvalue weighted by atomic mass is 16.1. The van der Waals surface area contributed by atoms with Gasteiger partial charge in [-0.05, 0) is 38.0 Å². The highest BCUT2D eigenvalue weighted by Crippen LogP contribution is 2.27. The van der Waals surface area contributed by atoms with Gasteiger partial charge in [-0.2, -0.15) is 0 Å². The topological polar surface area (TPSA) is 79.5 Å². The Bertz CT molecular complexity index is 362.